The summed E-state index contributed by atoms with van der Waals surface area (Å²) in [5, 5.41) is 12.3. The van der Waals surface area contributed by atoms with Crippen molar-refractivity contribution in [1.29, 1.82) is 0 Å². The number of nitrogens with two attached hydrogens (primary N) is 1. The van der Waals surface area contributed by atoms with Gasteiger partial charge in [-0.15, -0.1) is 0 Å². The normalized spacial score (nSPS) is 17.2. The lowest BCUT2D eigenvalue weighted by molar-refractivity contribution is 0.262. The summed E-state index contributed by atoms with van der Waals surface area (Å²) in [6.45, 7) is 0.566. The van der Waals surface area contributed by atoms with Crippen LogP contribution in [0.4, 0.5) is 16.2 Å². The number of carbonyl (C=O) groups is 1. The van der Waals surface area contributed by atoms with Crippen LogP contribution in [-0.2, 0) is 0 Å². The second-order valence-corrected chi connectivity index (χ2v) is 7.65. The number of rotatable bonds is 4. The molecule has 3 aromatic rings. The third-order valence-corrected chi connectivity index (χ3v) is 5.45. The van der Waals surface area contributed by atoms with Gasteiger partial charge in [-0.05, 0) is 42.0 Å². The van der Waals surface area contributed by atoms with Crippen LogP contribution in [0.2, 0.25) is 5.02 Å². The molecular weight excluding hydrogens is 430 g/mol. The van der Waals surface area contributed by atoms with E-state index in [9.17, 15) is 4.79 Å². The average Bonchev–Trinajstić information content (AvgIpc) is 3.44. The van der Waals surface area contributed by atoms with Gasteiger partial charge in [-0.1, -0.05) is 23.7 Å². The second-order valence-electron chi connectivity index (χ2n) is 7.21. The number of urea groups is 1. The standard InChI is InChI=1S/C22H18ClN7O2/c23-14-3-7-16(8-4-14)29-22(31)28-15-5-1-13(2-6-15)19-17(18-9-25-12-32-18)10-30-20(19)21(24)26-11-27-30/h1-9,11-12,17H,10H2,(H2,24,26,27)(H2,28,29,31). The van der Waals surface area contributed by atoms with Gasteiger partial charge in [0.25, 0.3) is 0 Å². The van der Waals surface area contributed by atoms with Crippen molar-refractivity contribution in [2.45, 2.75) is 5.92 Å². The predicted octanol–water partition coefficient (Wildman–Crippen LogP) is 4.10. The van der Waals surface area contributed by atoms with E-state index in [4.69, 9.17) is 21.8 Å². The van der Waals surface area contributed by atoms with E-state index in [1.165, 1.54) is 12.7 Å². The molecule has 0 bridgehead atoms. The highest BCUT2D eigenvalue weighted by atomic mass is 35.5. The maximum atomic E-state index is 12.3. The SMILES string of the molecule is NC1=NC=NN2CC(c3cnco3)C(c3ccc(NC(=O)Nc4ccc(Cl)cc4)cc3)=C12. The lowest BCUT2D eigenvalue weighted by atomic mass is 9.91. The summed E-state index contributed by atoms with van der Waals surface area (Å²) in [5.41, 5.74) is 10.1. The first-order valence-corrected chi connectivity index (χ1v) is 10.2. The third kappa shape index (κ3) is 3.81. The van der Waals surface area contributed by atoms with Gasteiger partial charge in [0, 0.05) is 22.0 Å². The van der Waals surface area contributed by atoms with E-state index in [2.05, 4.69) is 25.7 Å². The van der Waals surface area contributed by atoms with E-state index in [1.807, 2.05) is 29.3 Å². The zero-order chi connectivity index (χ0) is 22.1. The Morgan fingerprint density at radius 3 is 2.44 bits per heavy atom. The molecule has 2 aromatic carbocycles. The van der Waals surface area contributed by atoms with Gasteiger partial charge in [0.15, 0.2) is 12.2 Å². The highest BCUT2D eigenvalue weighted by Gasteiger charge is 2.37. The van der Waals surface area contributed by atoms with Crippen molar-refractivity contribution in [3.63, 3.8) is 0 Å². The molecule has 0 spiro atoms. The van der Waals surface area contributed by atoms with Gasteiger partial charge >= 0.3 is 6.03 Å². The number of hydrazone groups is 1. The maximum Gasteiger partial charge on any atom is 0.323 e. The van der Waals surface area contributed by atoms with Crippen LogP contribution in [0.3, 0.4) is 0 Å². The highest BCUT2D eigenvalue weighted by molar-refractivity contribution is 6.30. The first-order chi connectivity index (χ1) is 15.6. The molecule has 0 saturated heterocycles. The lowest BCUT2D eigenvalue weighted by Crippen LogP contribution is -2.28. The Balaban J connectivity index is 1.39. The van der Waals surface area contributed by atoms with Crippen molar-refractivity contribution < 1.29 is 9.21 Å². The van der Waals surface area contributed by atoms with Crippen LogP contribution in [-0.4, -0.2) is 34.7 Å². The lowest BCUT2D eigenvalue weighted by Gasteiger charge is -2.18. The number of hydrogen-bond donors (Lipinski definition) is 3. The predicted molar refractivity (Wildman–Crippen MR) is 124 cm³/mol. The van der Waals surface area contributed by atoms with Crippen LogP contribution in [0.15, 0.2) is 81.3 Å². The number of carbonyl (C=O) groups excluding carboxylic acids is 1. The number of fused-ring (bicyclic) bond motifs is 1. The number of aliphatic imine (C=N–C) groups is 1. The van der Waals surface area contributed by atoms with E-state index in [1.54, 1.807) is 30.5 Å². The Hall–Kier alpha value is -4.11. The Kier molecular flexibility index (Phi) is 5.08. The van der Waals surface area contributed by atoms with Gasteiger partial charge in [0.2, 0.25) is 0 Å². The molecule has 0 fully saturated rings. The fourth-order valence-electron chi connectivity index (χ4n) is 3.77. The first kappa shape index (κ1) is 19.8. The molecule has 4 N–H and O–H groups in total. The van der Waals surface area contributed by atoms with Gasteiger partial charge in [-0.25, -0.2) is 14.8 Å². The molecule has 0 aliphatic carbocycles. The average molecular weight is 448 g/mol. The van der Waals surface area contributed by atoms with Crippen LogP contribution in [0.25, 0.3) is 5.57 Å². The molecule has 2 aliphatic heterocycles. The largest absolute Gasteiger partial charge is 0.448 e. The summed E-state index contributed by atoms with van der Waals surface area (Å²) in [6.07, 6.45) is 4.53. The number of amides is 2. The maximum absolute atomic E-state index is 12.3. The van der Waals surface area contributed by atoms with Crippen LogP contribution in [0.5, 0.6) is 0 Å². The topological polar surface area (TPSA) is 121 Å². The molecule has 1 aromatic heterocycles. The number of nitrogens with one attached hydrogen (secondary N) is 2. The molecule has 2 amide bonds. The highest BCUT2D eigenvalue weighted by Crippen LogP contribution is 2.43. The summed E-state index contributed by atoms with van der Waals surface area (Å²) in [4.78, 5) is 20.5. The summed E-state index contributed by atoms with van der Waals surface area (Å²) in [6, 6.07) is 14.0. The molecule has 0 radical (unpaired) electrons. The minimum atomic E-state index is -0.355. The molecule has 10 heteroatoms. The number of benzene rings is 2. The van der Waals surface area contributed by atoms with Crippen LogP contribution in [0.1, 0.15) is 17.2 Å². The molecule has 9 nitrogen and oxygen atoms in total. The summed E-state index contributed by atoms with van der Waals surface area (Å²) < 4.78 is 5.57. The number of aromatic nitrogens is 1. The van der Waals surface area contributed by atoms with Gasteiger partial charge in [0.05, 0.1) is 18.7 Å². The molecule has 160 valence electrons. The minimum Gasteiger partial charge on any atom is -0.448 e. The number of amidine groups is 1. The quantitative estimate of drug-likeness (QED) is 0.556. The Morgan fingerprint density at radius 1 is 1.09 bits per heavy atom. The van der Waals surface area contributed by atoms with Gasteiger partial charge in [-0.2, -0.15) is 5.10 Å². The second kappa shape index (κ2) is 8.20. The van der Waals surface area contributed by atoms with E-state index >= 15 is 0 Å². The third-order valence-electron chi connectivity index (χ3n) is 5.20. The molecule has 0 saturated carbocycles. The van der Waals surface area contributed by atoms with Crippen LogP contribution < -0.4 is 16.4 Å². The van der Waals surface area contributed by atoms with Crippen molar-refractivity contribution in [3.05, 3.63) is 83.2 Å². The zero-order valence-corrected chi connectivity index (χ0v) is 17.5. The summed E-state index contributed by atoms with van der Waals surface area (Å²) >= 11 is 5.87. The molecule has 3 heterocycles. The molecule has 32 heavy (non-hydrogen) atoms. The monoisotopic (exact) mass is 447 g/mol. The molecule has 2 aliphatic rings. The van der Waals surface area contributed by atoms with Crippen molar-refractivity contribution >= 4 is 46.8 Å². The van der Waals surface area contributed by atoms with Crippen molar-refractivity contribution in [2.24, 2.45) is 15.8 Å². The minimum absolute atomic E-state index is 0.108. The van der Waals surface area contributed by atoms with E-state index in [0.29, 0.717) is 28.8 Å². The molecule has 1 atom stereocenters. The summed E-state index contributed by atoms with van der Waals surface area (Å²) in [7, 11) is 0. The number of hydrogen-bond acceptors (Lipinski definition) is 7. The van der Waals surface area contributed by atoms with E-state index in [-0.39, 0.29) is 11.9 Å². The first-order valence-electron chi connectivity index (χ1n) is 9.78. The Bertz CT molecular complexity index is 1230. The van der Waals surface area contributed by atoms with Crippen molar-refractivity contribution in [3.8, 4) is 0 Å². The van der Waals surface area contributed by atoms with Gasteiger partial charge in [0.1, 0.15) is 17.8 Å². The van der Waals surface area contributed by atoms with Gasteiger partial charge in [-0.3, -0.25) is 5.01 Å². The molecule has 5 rings (SSSR count). The van der Waals surface area contributed by atoms with Crippen molar-refractivity contribution in [2.75, 3.05) is 17.2 Å². The zero-order valence-electron chi connectivity index (χ0n) is 16.7. The molecule has 1 unspecified atom stereocenters. The number of anilines is 2. The number of oxazole rings is 1. The smallest absolute Gasteiger partial charge is 0.323 e. The van der Waals surface area contributed by atoms with E-state index < -0.39 is 0 Å². The Morgan fingerprint density at radius 2 is 1.78 bits per heavy atom. The number of nitrogens with zero attached hydrogens (tertiary/aromatic N) is 4. The van der Waals surface area contributed by atoms with Crippen LogP contribution >= 0.6 is 11.6 Å². The van der Waals surface area contributed by atoms with Crippen LogP contribution in [0, 0.1) is 0 Å². The Labute approximate surface area is 188 Å². The fraction of sp³-hybridized carbons (Fsp3) is 0.0909. The molecular formula is C22H18ClN7O2. The number of halogens is 1. The van der Waals surface area contributed by atoms with E-state index in [0.717, 1.165) is 22.6 Å². The van der Waals surface area contributed by atoms with Crippen molar-refractivity contribution in [1.82, 2.24) is 9.99 Å². The van der Waals surface area contributed by atoms with Gasteiger partial charge < -0.3 is 20.8 Å². The summed E-state index contributed by atoms with van der Waals surface area (Å²) in [5.74, 6) is 1.000. The fourth-order valence-corrected chi connectivity index (χ4v) is 3.90.